The van der Waals surface area contributed by atoms with Crippen LogP contribution in [-0.2, 0) is 0 Å². The second-order valence-corrected chi connectivity index (χ2v) is 10.4. The molecular weight excluding hydrogens is 188 g/mol. The van der Waals surface area contributed by atoms with Crippen LogP contribution in [0.4, 0.5) is 0 Å². The van der Waals surface area contributed by atoms with E-state index in [1.165, 1.54) is 19.3 Å². The maximum atomic E-state index is 4.58. The molecule has 1 aliphatic rings. The predicted octanol–water partition coefficient (Wildman–Crippen LogP) is 4.55. The number of hydrogen-bond acceptors (Lipinski definition) is 1. The summed E-state index contributed by atoms with van der Waals surface area (Å²) in [6.07, 6.45) is 7.78. The Hall–Kier alpha value is -0.503. The van der Waals surface area contributed by atoms with Crippen molar-refractivity contribution in [2.75, 3.05) is 0 Å². The smallest absolute Gasteiger partial charge is 0.0902 e. The lowest BCUT2D eigenvalue weighted by Gasteiger charge is -2.34. The summed E-state index contributed by atoms with van der Waals surface area (Å²) in [5.41, 5.74) is 1.09. The van der Waals surface area contributed by atoms with Crippen LogP contribution in [-0.4, -0.2) is 8.07 Å². The molecule has 1 unspecified atom stereocenters. The molecule has 0 saturated carbocycles. The Labute approximate surface area is 88.5 Å². The van der Waals surface area contributed by atoms with Gasteiger partial charge in [-0.2, -0.15) is 0 Å². The molecule has 14 heavy (non-hydrogen) atoms. The van der Waals surface area contributed by atoms with E-state index in [4.69, 9.17) is 0 Å². The summed E-state index contributed by atoms with van der Waals surface area (Å²) in [7, 11) is -0.694. The van der Waals surface area contributed by atoms with Gasteiger partial charge in [-0.05, 0) is 17.7 Å². The monoisotopic (exact) mass is 210 g/mol. The zero-order chi connectivity index (χ0) is 10.4. The molecule has 80 valence electrons. The van der Waals surface area contributed by atoms with Crippen LogP contribution >= 0.6 is 0 Å². The first-order valence-electron chi connectivity index (χ1n) is 5.60. The van der Waals surface area contributed by atoms with Crippen molar-refractivity contribution in [3.05, 3.63) is 24.7 Å². The molecule has 0 aromatic carbocycles. The zero-order valence-corrected chi connectivity index (χ0v) is 10.6. The minimum atomic E-state index is -0.694. The van der Waals surface area contributed by atoms with E-state index >= 15 is 0 Å². The highest BCUT2D eigenvalue weighted by Crippen LogP contribution is 2.36. The highest BCUT2D eigenvalue weighted by atomic mass is 28.3. The van der Waals surface area contributed by atoms with Crippen molar-refractivity contribution in [2.45, 2.75) is 50.9 Å². The molecule has 0 bridgehead atoms. The van der Waals surface area contributed by atoms with Gasteiger partial charge in [0.25, 0.3) is 0 Å². The summed E-state index contributed by atoms with van der Waals surface area (Å²) in [6.45, 7) is 7.53. The number of furan rings is 1. The minimum Gasteiger partial charge on any atom is -0.473 e. The summed E-state index contributed by atoms with van der Waals surface area (Å²) in [6, 6.07) is 5.24. The molecule has 1 aromatic rings. The second kappa shape index (κ2) is 5.40. The summed E-state index contributed by atoms with van der Waals surface area (Å²) in [4.78, 5) is 0. The average Bonchev–Trinajstić information content (AvgIpc) is 2.67. The molecule has 2 rings (SSSR count). The minimum absolute atomic E-state index is 0.694. The highest BCUT2D eigenvalue weighted by molar-refractivity contribution is 6.78. The Morgan fingerprint density at radius 2 is 1.79 bits per heavy atom. The zero-order valence-electron chi connectivity index (χ0n) is 9.62. The van der Waals surface area contributed by atoms with Crippen molar-refractivity contribution in [3.8, 4) is 0 Å². The van der Waals surface area contributed by atoms with Crippen LogP contribution < -0.4 is 0 Å². The van der Waals surface area contributed by atoms with Gasteiger partial charge in [0.2, 0.25) is 0 Å². The third kappa shape index (κ3) is 3.70. The van der Waals surface area contributed by atoms with Gasteiger partial charge in [-0.1, -0.05) is 45.3 Å². The standard InChI is InChI=1S/C8H18Si.C4H4O/c1-8-6-4-5-7-9(8,2)3;1-2-4-5-3-1/h8H,4-7H2,1-3H3;1-4H. The molecule has 2 heteroatoms. The maximum Gasteiger partial charge on any atom is 0.0902 e. The number of rotatable bonds is 0. The van der Waals surface area contributed by atoms with Crippen molar-refractivity contribution in [1.29, 1.82) is 0 Å². The molecule has 1 atom stereocenters. The Bertz CT molecular complexity index is 211. The van der Waals surface area contributed by atoms with Gasteiger partial charge in [-0.3, -0.25) is 0 Å². The molecule has 1 aliphatic heterocycles. The molecule has 1 fully saturated rings. The van der Waals surface area contributed by atoms with Gasteiger partial charge in [0.15, 0.2) is 0 Å². The van der Waals surface area contributed by atoms with E-state index in [1.54, 1.807) is 18.6 Å². The van der Waals surface area contributed by atoms with Crippen molar-refractivity contribution >= 4 is 8.07 Å². The van der Waals surface area contributed by atoms with Gasteiger partial charge in [0, 0.05) is 0 Å². The lowest BCUT2D eigenvalue weighted by molar-refractivity contribution is 0.567. The first-order valence-corrected chi connectivity index (χ1v) is 8.88. The van der Waals surface area contributed by atoms with Crippen LogP contribution in [0.3, 0.4) is 0 Å². The fourth-order valence-corrected chi connectivity index (χ4v) is 4.53. The number of hydrogen-bond donors (Lipinski definition) is 0. The lowest BCUT2D eigenvalue weighted by atomic mass is 10.2. The van der Waals surface area contributed by atoms with E-state index in [0.717, 1.165) is 5.54 Å². The van der Waals surface area contributed by atoms with Gasteiger partial charge < -0.3 is 4.42 Å². The maximum absolute atomic E-state index is 4.58. The Morgan fingerprint density at radius 1 is 1.14 bits per heavy atom. The van der Waals surface area contributed by atoms with Crippen LogP contribution in [0.1, 0.15) is 26.2 Å². The summed E-state index contributed by atoms with van der Waals surface area (Å²) in [5, 5.41) is 0. The molecule has 2 heterocycles. The van der Waals surface area contributed by atoms with Gasteiger partial charge >= 0.3 is 0 Å². The van der Waals surface area contributed by atoms with Crippen molar-refractivity contribution in [1.82, 2.24) is 0 Å². The van der Waals surface area contributed by atoms with Gasteiger partial charge in [-0.25, -0.2) is 0 Å². The van der Waals surface area contributed by atoms with Gasteiger partial charge in [0.1, 0.15) is 0 Å². The molecule has 0 amide bonds. The summed E-state index contributed by atoms with van der Waals surface area (Å²) >= 11 is 0. The van der Waals surface area contributed by atoms with Crippen LogP contribution in [0, 0.1) is 0 Å². The van der Waals surface area contributed by atoms with Crippen molar-refractivity contribution in [3.63, 3.8) is 0 Å². The molecule has 0 N–H and O–H groups in total. The third-order valence-corrected chi connectivity index (χ3v) is 8.07. The highest BCUT2D eigenvalue weighted by Gasteiger charge is 2.30. The Kier molecular flexibility index (Phi) is 4.46. The molecule has 1 saturated heterocycles. The summed E-state index contributed by atoms with van der Waals surface area (Å²) < 4.78 is 4.58. The van der Waals surface area contributed by atoms with Crippen LogP contribution in [0.15, 0.2) is 29.1 Å². The van der Waals surface area contributed by atoms with Crippen molar-refractivity contribution in [2.24, 2.45) is 0 Å². The van der Waals surface area contributed by atoms with E-state index in [9.17, 15) is 0 Å². The first-order chi connectivity index (χ1) is 6.63. The van der Waals surface area contributed by atoms with E-state index in [1.807, 2.05) is 12.1 Å². The van der Waals surface area contributed by atoms with Gasteiger partial charge in [0.05, 0.1) is 20.6 Å². The largest absolute Gasteiger partial charge is 0.473 e. The third-order valence-electron chi connectivity index (χ3n) is 3.47. The Balaban J connectivity index is 0.000000165. The van der Waals surface area contributed by atoms with Crippen LogP contribution in [0.5, 0.6) is 0 Å². The molecule has 1 aromatic heterocycles. The van der Waals surface area contributed by atoms with E-state index in [2.05, 4.69) is 24.4 Å². The van der Waals surface area contributed by atoms with Crippen LogP contribution in [0.25, 0.3) is 0 Å². The average molecular weight is 210 g/mol. The quantitative estimate of drug-likeness (QED) is 0.573. The molecule has 1 nitrogen and oxygen atoms in total. The van der Waals surface area contributed by atoms with Crippen molar-refractivity contribution < 1.29 is 4.42 Å². The fraction of sp³-hybridized carbons (Fsp3) is 0.667. The summed E-state index contributed by atoms with van der Waals surface area (Å²) in [5.74, 6) is 0. The first kappa shape index (κ1) is 11.6. The van der Waals surface area contributed by atoms with Crippen LogP contribution in [0.2, 0.25) is 24.7 Å². The van der Waals surface area contributed by atoms with E-state index < -0.39 is 8.07 Å². The predicted molar refractivity (Wildman–Crippen MR) is 64.3 cm³/mol. The fourth-order valence-electron chi connectivity index (χ4n) is 1.90. The molecular formula is C12H22OSi. The SMILES string of the molecule is CC1CCCC[Si]1(C)C.c1ccoc1. The molecule has 0 spiro atoms. The lowest BCUT2D eigenvalue weighted by Crippen LogP contribution is -2.33. The Morgan fingerprint density at radius 3 is 2.07 bits per heavy atom. The van der Waals surface area contributed by atoms with E-state index in [-0.39, 0.29) is 0 Å². The molecule has 0 radical (unpaired) electrons. The van der Waals surface area contributed by atoms with E-state index in [0.29, 0.717) is 0 Å². The topological polar surface area (TPSA) is 13.1 Å². The molecule has 0 aliphatic carbocycles. The van der Waals surface area contributed by atoms with Gasteiger partial charge in [-0.15, -0.1) is 0 Å². The normalized spacial score (nSPS) is 24.9. The second-order valence-electron chi connectivity index (χ2n) is 4.93.